The number of aromatic amines is 2. The highest BCUT2D eigenvalue weighted by molar-refractivity contribution is 6.31. The number of fused-ring (bicyclic) bond motifs is 1. The molecule has 3 heterocycles. The number of pyridine rings is 1. The molecule has 4 rings (SSSR count). The maximum Gasteiger partial charge on any atom is 0.227 e. The molecule has 0 aliphatic carbocycles. The number of hydrogen-bond acceptors (Lipinski definition) is 5. The first-order chi connectivity index (χ1) is 11.7. The molecule has 3 aromatic heterocycles. The molecule has 2 N–H and O–H groups in total. The standard InChI is InChI=1S/C16H11ClN6O/c17-9-4-5-10-11(8-14-20-22-23-21-14)15(19-13(10)7-9)16(24)12-3-1-2-6-18-12/h1-7,19H,8H2,(H,20,21,22,23). The van der Waals surface area contributed by atoms with Crippen molar-refractivity contribution < 1.29 is 4.79 Å². The molecule has 0 unspecified atom stereocenters. The highest BCUT2D eigenvalue weighted by Crippen LogP contribution is 2.28. The number of ketones is 1. The molecular weight excluding hydrogens is 328 g/mol. The van der Waals surface area contributed by atoms with Gasteiger partial charge in [-0.2, -0.15) is 5.21 Å². The average molecular weight is 339 g/mol. The van der Waals surface area contributed by atoms with E-state index in [4.69, 9.17) is 11.6 Å². The lowest BCUT2D eigenvalue weighted by molar-refractivity contribution is 0.103. The maximum atomic E-state index is 12.9. The van der Waals surface area contributed by atoms with Crippen LogP contribution in [0.1, 0.15) is 27.6 Å². The Morgan fingerprint density at radius 3 is 2.88 bits per heavy atom. The van der Waals surface area contributed by atoms with E-state index in [0.717, 1.165) is 16.5 Å². The van der Waals surface area contributed by atoms with Crippen molar-refractivity contribution in [2.75, 3.05) is 0 Å². The summed E-state index contributed by atoms with van der Waals surface area (Å²) in [5.74, 6) is 0.308. The van der Waals surface area contributed by atoms with Crippen LogP contribution in [0.15, 0.2) is 42.6 Å². The van der Waals surface area contributed by atoms with Gasteiger partial charge in [0, 0.05) is 28.5 Å². The van der Waals surface area contributed by atoms with E-state index in [2.05, 4.69) is 30.6 Å². The van der Waals surface area contributed by atoms with Crippen LogP contribution in [0.3, 0.4) is 0 Å². The van der Waals surface area contributed by atoms with E-state index in [1.165, 1.54) is 0 Å². The van der Waals surface area contributed by atoms with Gasteiger partial charge in [0.15, 0.2) is 5.82 Å². The van der Waals surface area contributed by atoms with Crippen molar-refractivity contribution in [3.63, 3.8) is 0 Å². The van der Waals surface area contributed by atoms with Crippen LogP contribution in [0.25, 0.3) is 10.9 Å². The third kappa shape index (κ3) is 2.55. The molecule has 0 bridgehead atoms. The lowest BCUT2D eigenvalue weighted by Crippen LogP contribution is -2.07. The van der Waals surface area contributed by atoms with Crippen molar-refractivity contribution in [3.05, 3.63) is 70.4 Å². The van der Waals surface area contributed by atoms with Crippen LogP contribution in [0.5, 0.6) is 0 Å². The van der Waals surface area contributed by atoms with E-state index in [1.807, 2.05) is 6.07 Å². The number of benzene rings is 1. The fourth-order valence-corrected chi connectivity index (χ4v) is 2.82. The first-order valence-corrected chi connectivity index (χ1v) is 7.58. The van der Waals surface area contributed by atoms with E-state index in [1.54, 1.807) is 36.5 Å². The number of tetrazole rings is 1. The topological polar surface area (TPSA) is 100 Å². The normalized spacial score (nSPS) is 11.0. The molecule has 0 saturated carbocycles. The van der Waals surface area contributed by atoms with Crippen LogP contribution in [0.2, 0.25) is 5.02 Å². The highest BCUT2D eigenvalue weighted by atomic mass is 35.5. The predicted molar refractivity (Wildman–Crippen MR) is 88.0 cm³/mol. The molecule has 0 aliphatic rings. The molecule has 0 fully saturated rings. The van der Waals surface area contributed by atoms with Gasteiger partial charge in [-0.15, -0.1) is 10.2 Å². The van der Waals surface area contributed by atoms with Gasteiger partial charge in [-0.1, -0.05) is 28.9 Å². The zero-order valence-electron chi connectivity index (χ0n) is 12.3. The van der Waals surface area contributed by atoms with Crippen molar-refractivity contribution in [1.29, 1.82) is 0 Å². The number of hydrogen-bond donors (Lipinski definition) is 2. The quantitative estimate of drug-likeness (QED) is 0.557. The largest absolute Gasteiger partial charge is 0.351 e. The van der Waals surface area contributed by atoms with Crippen LogP contribution in [0.4, 0.5) is 0 Å². The van der Waals surface area contributed by atoms with Crippen LogP contribution in [-0.4, -0.2) is 36.4 Å². The van der Waals surface area contributed by atoms with E-state index in [-0.39, 0.29) is 5.78 Å². The van der Waals surface area contributed by atoms with Gasteiger partial charge in [0.1, 0.15) is 5.69 Å². The van der Waals surface area contributed by atoms with Gasteiger partial charge < -0.3 is 4.98 Å². The fraction of sp³-hybridized carbons (Fsp3) is 0.0625. The number of rotatable bonds is 4. The third-order valence-corrected chi connectivity index (χ3v) is 3.95. The summed E-state index contributed by atoms with van der Waals surface area (Å²) < 4.78 is 0. The summed E-state index contributed by atoms with van der Waals surface area (Å²) in [6, 6.07) is 10.7. The van der Waals surface area contributed by atoms with Gasteiger partial charge >= 0.3 is 0 Å². The lowest BCUT2D eigenvalue weighted by atomic mass is 10.0. The lowest BCUT2D eigenvalue weighted by Gasteiger charge is -2.02. The van der Waals surface area contributed by atoms with Crippen molar-refractivity contribution in [2.24, 2.45) is 0 Å². The molecule has 0 aliphatic heterocycles. The Hall–Kier alpha value is -3.06. The number of nitrogens with zero attached hydrogens (tertiary/aromatic N) is 4. The van der Waals surface area contributed by atoms with E-state index < -0.39 is 0 Å². The molecule has 0 spiro atoms. The number of carbonyl (C=O) groups excluding carboxylic acids is 1. The molecular formula is C16H11ClN6O. The van der Waals surface area contributed by atoms with E-state index in [0.29, 0.717) is 28.7 Å². The van der Waals surface area contributed by atoms with Crippen LogP contribution in [0, 0.1) is 0 Å². The first kappa shape index (κ1) is 14.5. The Balaban J connectivity index is 1.88. The van der Waals surface area contributed by atoms with E-state index >= 15 is 0 Å². The van der Waals surface area contributed by atoms with Gasteiger partial charge in [0.25, 0.3) is 0 Å². The Bertz CT molecular complexity index is 1010. The van der Waals surface area contributed by atoms with Gasteiger partial charge in [-0.3, -0.25) is 9.78 Å². The summed E-state index contributed by atoms with van der Waals surface area (Å²) in [7, 11) is 0. The monoisotopic (exact) mass is 338 g/mol. The summed E-state index contributed by atoms with van der Waals surface area (Å²) in [5.41, 5.74) is 2.39. The second kappa shape index (κ2) is 5.86. The Labute approximate surface area is 141 Å². The van der Waals surface area contributed by atoms with Crippen molar-refractivity contribution in [1.82, 2.24) is 30.6 Å². The zero-order chi connectivity index (χ0) is 16.5. The number of H-pyrrole nitrogens is 2. The van der Waals surface area contributed by atoms with Gasteiger partial charge in [-0.25, -0.2) is 0 Å². The highest BCUT2D eigenvalue weighted by Gasteiger charge is 2.21. The zero-order valence-corrected chi connectivity index (χ0v) is 13.1. The minimum Gasteiger partial charge on any atom is -0.351 e. The summed E-state index contributed by atoms with van der Waals surface area (Å²) in [6.07, 6.45) is 1.96. The molecule has 1 aromatic carbocycles. The minimum atomic E-state index is -0.193. The molecule has 4 aromatic rings. The second-order valence-corrected chi connectivity index (χ2v) is 5.65. The van der Waals surface area contributed by atoms with Crippen molar-refractivity contribution in [2.45, 2.75) is 6.42 Å². The Kier molecular flexibility index (Phi) is 3.55. The van der Waals surface area contributed by atoms with Crippen LogP contribution in [-0.2, 0) is 6.42 Å². The summed E-state index contributed by atoms with van der Waals surface area (Å²) in [6.45, 7) is 0. The number of carbonyl (C=O) groups is 1. The van der Waals surface area contributed by atoms with Crippen LogP contribution >= 0.6 is 11.6 Å². The Morgan fingerprint density at radius 2 is 2.12 bits per heavy atom. The number of aromatic nitrogens is 6. The Morgan fingerprint density at radius 1 is 1.21 bits per heavy atom. The number of nitrogens with one attached hydrogen (secondary N) is 2. The maximum absolute atomic E-state index is 12.9. The predicted octanol–water partition coefficient (Wildman–Crippen LogP) is 2.55. The number of halogens is 1. The van der Waals surface area contributed by atoms with Crippen molar-refractivity contribution >= 4 is 28.3 Å². The molecule has 8 heteroatoms. The SMILES string of the molecule is O=C(c1ccccn1)c1[nH]c2cc(Cl)ccc2c1Cc1nn[nH]n1. The summed E-state index contributed by atoms with van der Waals surface area (Å²) in [5, 5.41) is 15.4. The molecule has 0 atom stereocenters. The fourth-order valence-electron chi connectivity index (χ4n) is 2.65. The van der Waals surface area contributed by atoms with Crippen LogP contribution < -0.4 is 0 Å². The molecule has 0 radical (unpaired) electrons. The van der Waals surface area contributed by atoms with Crippen molar-refractivity contribution in [3.8, 4) is 0 Å². The minimum absolute atomic E-state index is 0.193. The van der Waals surface area contributed by atoms with Gasteiger partial charge in [-0.05, 0) is 29.8 Å². The average Bonchev–Trinajstić information content (AvgIpc) is 3.23. The molecule has 118 valence electrons. The summed E-state index contributed by atoms with van der Waals surface area (Å²) >= 11 is 6.06. The molecule has 0 saturated heterocycles. The van der Waals surface area contributed by atoms with Gasteiger partial charge in [0.05, 0.1) is 5.69 Å². The molecule has 7 nitrogen and oxygen atoms in total. The smallest absolute Gasteiger partial charge is 0.227 e. The second-order valence-electron chi connectivity index (χ2n) is 5.22. The first-order valence-electron chi connectivity index (χ1n) is 7.20. The van der Waals surface area contributed by atoms with Gasteiger partial charge in [0.2, 0.25) is 5.78 Å². The summed E-state index contributed by atoms with van der Waals surface area (Å²) in [4.78, 5) is 20.2. The van der Waals surface area contributed by atoms with E-state index in [9.17, 15) is 4.79 Å². The molecule has 24 heavy (non-hydrogen) atoms. The third-order valence-electron chi connectivity index (χ3n) is 3.72. The molecule has 0 amide bonds.